The van der Waals surface area contributed by atoms with Crippen molar-refractivity contribution in [2.45, 2.75) is 50.8 Å². The van der Waals surface area contributed by atoms with Crippen LogP contribution in [0.4, 0.5) is 0 Å². The summed E-state index contributed by atoms with van der Waals surface area (Å²) >= 11 is 0. The van der Waals surface area contributed by atoms with Crippen molar-refractivity contribution in [1.82, 2.24) is 19.6 Å². The molecule has 0 bridgehead atoms. The van der Waals surface area contributed by atoms with E-state index in [0.717, 1.165) is 45.2 Å². The number of likely N-dealkylation sites (tertiary alicyclic amines) is 1. The third-order valence-electron chi connectivity index (χ3n) is 6.64. The Morgan fingerprint density at radius 3 is 2.58 bits per heavy atom. The van der Waals surface area contributed by atoms with Gasteiger partial charge in [0.25, 0.3) is 5.91 Å². The van der Waals surface area contributed by atoms with Gasteiger partial charge in [0.15, 0.2) is 0 Å². The van der Waals surface area contributed by atoms with Gasteiger partial charge in [-0.25, -0.2) is 0 Å². The molecule has 2 fully saturated rings. The minimum atomic E-state index is -0.255. The summed E-state index contributed by atoms with van der Waals surface area (Å²) in [5.41, 5.74) is 1.23. The number of carbonyl (C=O) groups is 2. The number of nitrogens with zero attached hydrogens (tertiary/aromatic N) is 4. The van der Waals surface area contributed by atoms with Gasteiger partial charge in [-0.3, -0.25) is 14.3 Å². The second kappa shape index (κ2) is 10.1. The highest BCUT2D eigenvalue weighted by molar-refractivity contribution is 5.81. The normalized spacial score (nSPS) is 20.5. The minimum Gasteiger partial charge on any atom is -0.368 e. The van der Waals surface area contributed by atoms with Crippen LogP contribution in [0.15, 0.2) is 48.8 Å². The average Bonchev–Trinajstić information content (AvgIpc) is 3.52. The molecule has 0 N–H and O–H groups in total. The molecule has 2 aliphatic rings. The van der Waals surface area contributed by atoms with E-state index in [4.69, 9.17) is 4.74 Å². The topological polar surface area (TPSA) is 67.7 Å². The summed E-state index contributed by atoms with van der Waals surface area (Å²) in [4.78, 5) is 29.6. The number of hydrogen-bond donors (Lipinski definition) is 0. The number of carbonyl (C=O) groups excluding carboxylic acids is 2. The van der Waals surface area contributed by atoms with Crippen molar-refractivity contribution >= 4 is 11.8 Å². The summed E-state index contributed by atoms with van der Waals surface area (Å²) in [6.07, 6.45) is 7.66. The zero-order valence-electron chi connectivity index (χ0n) is 18.2. The van der Waals surface area contributed by atoms with Crippen LogP contribution in [0.3, 0.4) is 0 Å². The van der Waals surface area contributed by atoms with E-state index < -0.39 is 0 Å². The summed E-state index contributed by atoms with van der Waals surface area (Å²) in [6, 6.07) is 12.3. The van der Waals surface area contributed by atoms with Gasteiger partial charge in [-0.1, -0.05) is 30.3 Å². The van der Waals surface area contributed by atoms with Crippen molar-refractivity contribution in [1.29, 1.82) is 0 Å². The molecular formula is C24H32N4O3. The smallest absolute Gasteiger partial charge is 0.251 e. The predicted molar refractivity (Wildman–Crippen MR) is 117 cm³/mol. The fourth-order valence-electron chi connectivity index (χ4n) is 4.79. The van der Waals surface area contributed by atoms with Gasteiger partial charge in [-0.2, -0.15) is 5.10 Å². The molecule has 2 saturated heterocycles. The van der Waals surface area contributed by atoms with E-state index in [9.17, 15) is 9.59 Å². The first-order valence-electron chi connectivity index (χ1n) is 11.3. The molecule has 3 heterocycles. The molecule has 0 aliphatic carbocycles. The number of piperidine rings is 1. The predicted octanol–water partition coefficient (Wildman–Crippen LogP) is 2.37. The van der Waals surface area contributed by atoms with Crippen LogP contribution in [0, 0.1) is 5.92 Å². The molecule has 2 atom stereocenters. The van der Waals surface area contributed by atoms with E-state index in [2.05, 4.69) is 17.2 Å². The maximum Gasteiger partial charge on any atom is 0.251 e. The van der Waals surface area contributed by atoms with Crippen LogP contribution in [-0.4, -0.2) is 70.3 Å². The van der Waals surface area contributed by atoms with Crippen LogP contribution < -0.4 is 0 Å². The largest absolute Gasteiger partial charge is 0.368 e. The first kappa shape index (κ1) is 21.6. The van der Waals surface area contributed by atoms with Gasteiger partial charge in [-0.05, 0) is 49.7 Å². The van der Waals surface area contributed by atoms with E-state index in [1.54, 1.807) is 10.9 Å². The van der Waals surface area contributed by atoms with Gasteiger partial charge in [0.1, 0.15) is 12.6 Å². The monoisotopic (exact) mass is 424 g/mol. The summed E-state index contributed by atoms with van der Waals surface area (Å²) in [5, 5.41) is 4.17. The molecule has 0 radical (unpaired) electrons. The highest BCUT2D eigenvalue weighted by Crippen LogP contribution is 2.28. The first-order chi connectivity index (χ1) is 15.1. The Hall–Kier alpha value is -2.67. The molecule has 2 aromatic rings. The molecule has 0 unspecified atom stereocenters. The average molecular weight is 425 g/mol. The molecular weight excluding hydrogens is 392 g/mol. The molecule has 0 saturated carbocycles. The van der Waals surface area contributed by atoms with E-state index in [1.807, 2.05) is 47.3 Å². The maximum atomic E-state index is 13.0. The zero-order valence-corrected chi connectivity index (χ0v) is 18.2. The Kier molecular flexibility index (Phi) is 7.02. The van der Waals surface area contributed by atoms with Crippen molar-refractivity contribution in [2.75, 3.05) is 26.7 Å². The minimum absolute atomic E-state index is 0.0579. The molecule has 2 aliphatic heterocycles. The lowest BCUT2D eigenvalue weighted by atomic mass is 9.84. The van der Waals surface area contributed by atoms with Gasteiger partial charge >= 0.3 is 0 Å². The molecule has 1 aromatic heterocycles. The molecule has 31 heavy (non-hydrogen) atoms. The molecule has 0 spiro atoms. The standard InChI is InChI=1S/C24H32N4O3/c1-26(23(29)18-28-13-6-12-25-28)21(17-19-7-3-2-4-8-19)20-10-14-27(15-11-20)24(30)22-9-5-16-31-22/h2-4,6-8,12-13,20-22H,5,9-11,14-18H2,1H3/t21-,22-/m1/s1. The van der Waals surface area contributed by atoms with Gasteiger partial charge in [0.2, 0.25) is 5.91 Å². The molecule has 166 valence electrons. The van der Waals surface area contributed by atoms with Crippen LogP contribution in [0.25, 0.3) is 0 Å². The van der Waals surface area contributed by atoms with Crippen molar-refractivity contribution in [2.24, 2.45) is 5.92 Å². The quantitative estimate of drug-likeness (QED) is 0.684. The van der Waals surface area contributed by atoms with E-state index in [1.165, 1.54) is 5.56 Å². The number of aromatic nitrogens is 2. The maximum absolute atomic E-state index is 13.0. The summed E-state index contributed by atoms with van der Waals surface area (Å²) in [5.74, 6) is 0.543. The van der Waals surface area contributed by atoms with Crippen molar-refractivity contribution in [3.05, 3.63) is 54.4 Å². The fourth-order valence-corrected chi connectivity index (χ4v) is 4.79. The van der Waals surface area contributed by atoms with Crippen molar-refractivity contribution < 1.29 is 14.3 Å². The second-order valence-electron chi connectivity index (χ2n) is 8.63. The Labute approximate surface area is 184 Å². The van der Waals surface area contributed by atoms with Crippen LogP contribution in [0.2, 0.25) is 0 Å². The van der Waals surface area contributed by atoms with E-state index >= 15 is 0 Å². The summed E-state index contributed by atoms with van der Waals surface area (Å²) in [6.45, 7) is 2.39. The Morgan fingerprint density at radius 1 is 1.16 bits per heavy atom. The van der Waals surface area contributed by atoms with Gasteiger partial charge in [0.05, 0.1) is 0 Å². The molecule has 7 nitrogen and oxygen atoms in total. The third-order valence-corrected chi connectivity index (χ3v) is 6.64. The number of benzene rings is 1. The van der Waals surface area contributed by atoms with Crippen LogP contribution in [-0.2, 0) is 27.3 Å². The van der Waals surface area contributed by atoms with Gasteiger partial charge in [-0.15, -0.1) is 0 Å². The van der Waals surface area contributed by atoms with Crippen molar-refractivity contribution in [3.63, 3.8) is 0 Å². The lowest BCUT2D eigenvalue weighted by molar-refractivity contribution is -0.143. The highest BCUT2D eigenvalue weighted by Gasteiger charge is 2.35. The van der Waals surface area contributed by atoms with Crippen LogP contribution in [0.1, 0.15) is 31.2 Å². The van der Waals surface area contributed by atoms with Crippen LogP contribution >= 0.6 is 0 Å². The fraction of sp³-hybridized carbons (Fsp3) is 0.542. The van der Waals surface area contributed by atoms with Crippen LogP contribution in [0.5, 0.6) is 0 Å². The third kappa shape index (κ3) is 5.34. The number of hydrogen-bond acceptors (Lipinski definition) is 4. The lowest BCUT2D eigenvalue weighted by Gasteiger charge is -2.40. The first-order valence-corrected chi connectivity index (χ1v) is 11.3. The number of likely N-dealkylation sites (N-methyl/N-ethyl adjacent to an activating group) is 1. The van der Waals surface area contributed by atoms with Gasteiger partial charge in [0, 0.05) is 45.2 Å². The molecule has 2 amide bonds. The summed E-state index contributed by atoms with van der Waals surface area (Å²) in [7, 11) is 1.91. The molecule has 7 heteroatoms. The molecule has 4 rings (SSSR count). The van der Waals surface area contributed by atoms with E-state index in [-0.39, 0.29) is 30.5 Å². The highest BCUT2D eigenvalue weighted by atomic mass is 16.5. The summed E-state index contributed by atoms with van der Waals surface area (Å²) < 4.78 is 7.26. The Bertz CT molecular complexity index is 841. The second-order valence-corrected chi connectivity index (χ2v) is 8.63. The number of amides is 2. The van der Waals surface area contributed by atoms with E-state index in [0.29, 0.717) is 12.5 Å². The molecule has 1 aromatic carbocycles. The lowest BCUT2D eigenvalue weighted by Crippen LogP contribution is -2.50. The number of ether oxygens (including phenoxy) is 1. The van der Waals surface area contributed by atoms with Gasteiger partial charge < -0.3 is 14.5 Å². The SMILES string of the molecule is CN(C(=O)Cn1cccn1)[C@H](Cc1ccccc1)C1CCN(C(=O)[C@H]2CCCO2)CC1. The van der Waals surface area contributed by atoms with Crippen molar-refractivity contribution in [3.8, 4) is 0 Å². The number of rotatable bonds is 7. The Morgan fingerprint density at radius 2 is 1.94 bits per heavy atom. The Balaban J connectivity index is 1.42. The zero-order chi connectivity index (χ0) is 21.6.